The Morgan fingerprint density at radius 1 is 1.12 bits per heavy atom. The van der Waals surface area contributed by atoms with E-state index in [1.54, 1.807) is 24.3 Å². The third-order valence-corrected chi connectivity index (χ3v) is 4.56. The number of rotatable bonds is 3. The molecule has 2 aromatic carbocycles. The molecule has 6 nitrogen and oxygen atoms in total. The molecule has 0 aromatic heterocycles. The number of esters is 1. The summed E-state index contributed by atoms with van der Waals surface area (Å²) < 4.78 is 6.29. The van der Waals surface area contributed by atoms with Gasteiger partial charge in [-0.15, -0.1) is 0 Å². The van der Waals surface area contributed by atoms with E-state index in [0.29, 0.717) is 15.6 Å². The maximum Gasteiger partial charge on any atom is 0.363 e. The van der Waals surface area contributed by atoms with Gasteiger partial charge in [-0.3, -0.25) is 10.1 Å². The maximum absolute atomic E-state index is 12.0. The Bertz CT molecular complexity index is 922. The number of aliphatic imine (C=N–C) groups is 1. The molecule has 0 unspecified atom stereocenters. The lowest BCUT2D eigenvalue weighted by Gasteiger charge is -2.01. The van der Waals surface area contributed by atoms with Gasteiger partial charge in [0.2, 0.25) is 5.90 Å². The van der Waals surface area contributed by atoms with E-state index in [9.17, 15) is 14.9 Å². The van der Waals surface area contributed by atoms with Crippen LogP contribution >= 0.6 is 31.9 Å². The first-order valence-corrected chi connectivity index (χ1v) is 8.26. The average molecular weight is 452 g/mol. The van der Waals surface area contributed by atoms with Crippen LogP contribution < -0.4 is 0 Å². The fourth-order valence-electron chi connectivity index (χ4n) is 2.08. The molecule has 0 bridgehead atoms. The van der Waals surface area contributed by atoms with Gasteiger partial charge in [0.05, 0.1) is 15.0 Å². The summed E-state index contributed by atoms with van der Waals surface area (Å²) in [6.45, 7) is 0. The molecule has 2 aromatic rings. The zero-order chi connectivity index (χ0) is 17.3. The molecule has 1 heterocycles. The van der Waals surface area contributed by atoms with Crippen LogP contribution in [0.2, 0.25) is 0 Å². The predicted molar refractivity (Wildman–Crippen MR) is 95.5 cm³/mol. The Morgan fingerprint density at radius 3 is 2.58 bits per heavy atom. The molecule has 24 heavy (non-hydrogen) atoms. The second-order valence-corrected chi connectivity index (χ2v) is 6.49. The summed E-state index contributed by atoms with van der Waals surface area (Å²) in [5.74, 6) is -0.420. The number of nitrogens with zero attached hydrogens (tertiary/aromatic N) is 2. The number of nitro benzene ring substituents is 1. The summed E-state index contributed by atoms with van der Waals surface area (Å²) >= 11 is 6.49. The standard InChI is InChI=1S/C16H8Br2N2O4/c17-11-4-2-1-3-10(11)15-19-13(16(21)24-15)7-9-5-6-12(18)14(8-9)20(22)23/h1-8H/b13-7-. The van der Waals surface area contributed by atoms with Crippen LogP contribution in [-0.2, 0) is 9.53 Å². The van der Waals surface area contributed by atoms with Crippen molar-refractivity contribution in [2.24, 2.45) is 4.99 Å². The topological polar surface area (TPSA) is 81.8 Å². The SMILES string of the molecule is O=C1OC(c2ccccc2Br)=N/C1=C\c1ccc(Br)c([N+](=O)[O-])c1. The van der Waals surface area contributed by atoms with Gasteiger partial charge in [0.25, 0.3) is 5.69 Å². The second-order valence-electron chi connectivity index (χ2n) is 4.78. The normalized spacial score (nSPS) is 15.3. The van der Waals surface area contributed by atoms with E-state index in [4.69, 9.17) is 4.74 Å². The van der Waals surface area contributed by atoms with Crippen LogP contribution in [0.4, 0.5) is 5.69 Å². The second kappa shape index (κ2) is 6.66. The molecule has 0 fully saturated rings. The fraction of sp³-hybridized carbons (Fsp3) is 0. The number of carbonyl (C=O) groups excluding carboxylic acids is 1. The highest BCUT2D eigenvalue weighted by Gasteiger charge is 2.25. The van der Waals surface area contributed by atoms with Crippen LogP contribution in [0.1, 0.15) is 11.1 Å². The Labute approximate surface area is 153 Å². The summed E-state index contributed by atoms with van der Waals surface area (Å²) in [6.07, 6.45) is 1.45. The van der Waals surface area contributed by atoms with E-state index in [1.165, 1.54) is 12.1 Å². The summed E-state index contributed by atoms with van der Waals surface area (Å²) in [4.78, 5) is 26.7. The van der Waals surface area contributed by atoms with E-state index in [2.05, 4.69) is 36.9 Å². The van der Waals surface area contributed by atoms with Crippen molar-refractivity contribution in [2.75, 3.05) is 0 Å². The quantitative estimate of drug-likeness (QED) is 0.298. The van der Waals surface area contributed by atoms with Gasteiger partial charge in [-0.05, 0) is 61.7 Å². The molecule has 0 radical (unpaired) electrons. The number of halogens is 2. The Morgan fingerprint density at radius 2 is 1.88 bits per heavy atom. The average Bonchev–Trinajstić information content (AvgIpc) is 2.90. The molecule has 120 valence electrons. The molecular weight excluding hydrogens is 444 g/mol. The largest absolute Gasteiger partial charge is 0.402 e. The molecule has 0 saturated heterocycles. The van der Waals surface area contributed by atoms with Crippen LogP contribution in [0.3, 0.4) is 0 Å². The zero-order valence-corrected chi connectivity index (χ0v) is 15.1. The lowest BCUT2D eigenvalue weighted by Crippen LogP contribution is -2.05. The Balaban J connectivity index is 1.99. The molecule has 0 aliphatic carbocycles. The minimum absolute atomic E-state index is 0.0809. The molecule has 1 aliphatic heterocycles. The van der Waals surface area contributed by atoms with Crippen molar-refractivity contribution < 1.29 is 14.5 Å². The number of nitro groups is 1. The Hall–Kier alpha value is -2.32. The van der Waals surface area contributed by atoms with Crippen molar-refractivity contribution in [3.8, 4) is 0 Å². The van der Waals surface area contributed by atoms with Gasteiger partial charge in [0, 0.05) is 10.5 Å². The highest BCUT2D eigenvalue weighted by molar-refractivity contribution is 9.10. The molecular formula is C16H8Br2N2O4. The number of hydrogen-bond acceptors (Lipinski definition) is 5. The zero-order valence-electron chi connectivity index (χ0n) is 11.9. The van der Waals surface area contributed by atoms with Crippen LogP contribution in [0, 0.1) is 10.1 Å². The lowest BCUT2D eigenvalue weighted by atomic mass is 10.1. The predicted octanol–water partition coefficient (Wildman–Crippen LogP) is 4.46. The molecule has 3 rings (SSSR count). The van der Waals surface area contributed by atoms with Crippen LogP contribution in [0.25, 0.3) is 6.08 Å². The highest BCUT2D eigenvalue weighted by atomic mass is 79.9. The summed E-state index contributed by atoms with van der Waals surface area (Å²) in [5.41, 5.74) is 1.12. The van der Waals surface area contributed by atoms with Gasteiger partial charge in [0.1, 0.15) is 0 Å². The van der Waals surface area contributed by atoms with Crippen LogP contribution in [0.15, 0.2) is 62.1 Å². The smallest absolute Gasteiger partial charge is 0.363 e. The van der Waals surface area contributed by atoms with Gasteiger partial charge in [-0.1, -0.05) is 18.2 Å². The molecule has 0 N–H and O–H groups in total. The number of carbonyl (C=O) groups is 1. The number of ether oxygens (including phenoxy) is 1. The van der Waals surface area contributed by atoms with Gasteiger partial charge in [-0.2, -0.15) is 0 Å². The first-order chi connectivity index (χ1) is 11.5. The monoisotopic (exact) mass is 450 g/mol. The van der Waals surface area contributed by atoms with Crippen LogP contribution in [-0.4, -0.2) is 16.8 Å². The van der Waals surface area contributed by atoms with Crippen molar-refractivity contribution in [1.29, 1.82) is 0 Å². The number of hydrogen-bond donors (Lipinski definition) is 0. The van der Waals surface area contributed by atoms with E-state index in [0.717, 1.165) is 4.47 Å². The van der Waals surface area contributed by atoms with Crippen molar-refractivity contribution in [1.82, 2.24) is 0 Å². The molecule has 0 spiro atoms. The summed E-state index contributed by atoms with van der Waals surface area (Å²) in [6, 6.07) is 11.8. The van der Waals surface area contributed by atoms with E-state index < -0.39 is 10.9 Å². The molecule has 0 atom stereocenters. The first kappa shape index (κ1) is 16.5. The molecule has 0 amide bonds. The van der Waals surface area contributed by atoms with Crippen molar-refractivity contribution in [2.45, 2.75) is 0 Å². The summed E-state index contributed by atoms with van der Waals surface area (Å²) in [5, 5.41) is 11.0. The van der Waals surface area contributed by atoms with Crippen LogP contribution in [0.5, 0.6) is 0 Å². The fourth-order valence-corrected chi connectivity index (χ4v) is 2.92. The Kier molecular flexibility index (Phi) is 4.59. The third-order valence-electron chi connectivity index (χ3n) is 3.20. The van der Waals surface area contributed by atoms with Crippen molar-refractivity contribution >= 4 is 55.5 Å². The van der Waals surface area contributed by atoms with Gasteiger partial charge >= 0.3 is 5.97 Å². The van der Waals surface area contributed by atoms with Gasteiger partial charge < -0.3 is 4.74 Å². The molecule has 8 heteroatoms. The third kappa shape index (κ3) is 3.29. The maximum atomic E-state index is 12.0. The summed E-state index contributed by atoms with van der Waals surface area (Å²) in [7, 11) is 0. The van der Waals surface area contributed by atoms with Crippen molar-refractivity contribution in [3.05, 3.63) is 78.3 Å². The highest BCUT2D eigenvalue weighted by Crippen LogP contribution is 2.28. The number of benzene rings is 2. The van der Waals surface area contributed by atoms with Gasteiger partial charge in [0.15, 0.2) is 5.70 Å². The van der Waals surface area contributed by atoms with Crippen molar-refractivity contribution in [3.63, 3.8) is 0 Å². The molecule has 0 saturated carbocycles. The minimum Gasteiger partial charge on any atom is -0.402 e. The minimum atomic E-state index is -0.605. The van der Waals surface area contributed by atoms with Gasteiger partial charge in [-0.25, -0.2) is 9.79 Å². The first-order valence-electron chi connectivity index (χ1n) is 6.67. The van der Waals surface area contributed by atoms with E-state index >= 15 is 0 Å². The molecule has 1 aliphatic rings. The number of cyclic esters (lactones) is 1. The van der Waals surface area contributed by atoms with E-state index in [-0.39, 0.29) is 17.3 Å². The lowest BCUT2D eigenvalue weighted by molar-refractivity contribution is -0.385. The van der Waals surface area contributed by atoms with E-state index in [1.807, 2.05) is 12.1 Å².